The highest BCUT2D eigenvalue weighted by Gasteiger charge is 2.36. The lowest BCUT2D eigenvalue weighted by atomic mass is 9.76. The standard InChI is InChI=1S/C27H30N2O2S/c1-20-12-16-24(17-13-20)28-32(30,31)29-18-6-9-23(19-29)27-25-10-4-2-7-21(25)14-15-22-8-3-5-11-26(22)27/h2-5,7-8,10-13,16-17,23,27-28H,6,9,14-15,18-19H2,1H3. The normalized spacial score (nSPS) is 19.6. The largest absolute Gasteiger partial charge is 0.301 e. The molecule has 166 valence electrons. The second-order valence-corrected chi connectivity index (χ2v) is 10.8. The number of nitrogens with zero attached hydrogens (tertiary/aromatic N) is 1. The molecule has 2 aliphatic rings. The van der Waals surface area contributed by atoms with Crippen LogP contribution in [0.5, 0.6) is 0 Å². The summed E-state index contributed by atoms with van der Waals surface area (Å²) in [7, 11) is -3.60. The lowest BCUT2D eigenvalue weighted by Crippen LogP contribution is -2.44. The smallest absolute Gasteiger partial charge is 0.271 e. The second kappa shape index (κ2) is 8.72. The van der Waals surface area contributed by atoms with Crippen LogP contribution in [0.2, 0.25) is 0 Å². The van der Waals surface area contributed by atoms with Crippen molar-refractivity contribution >= 4 is 15.9 Å². The fourth-order valence-corrected chi connectivity index (χ4v) is 6.69. The first-order chi connectivity index (χ1) is 15.5. The van der Waals surface area contributed by atoms with E-state index < -0.39 is 10.2 Å². The molecule has 5 rings (SSSR count). The van der Waals surface area contributed by atoms with Crippen molar-refractivity contribution in [3.8, 4) is 0 Å². The Bertz CT molecular complexity index is 1160. The topological polar surface area (TPSA) is 49.4 Å². The van der Waals surface area contributed by atoms with E-state index in [-0.39, 0.29) is 11.8 Å². The molecule has 1 aliphatic carbocycles. The van der Waals surface area contributed by atoms with E-state index in [0.29, 0.717) is 18.8 Å². The van der Waals surface area contributed by atoms with Gasteiger partial charge in [-0.25, -0.2) is 0 Å². The maximum atomic E-state index is 13.2. The second-order valence-electron chi connectivity index (χ2n) is 9.11. The van der Waals surface area contributed by atoms with Gasteiger partial charge >= 0.3 is 10.2 Å². The first kappa shape index (κ1) is 21.2. The van der Waals surface area contributed by atoms with Gasteiger partial charge in [-0.2, -0.15) is 12.7 Å². The minimum Gasteiger partial charge on any atom is -0.271 e. The zero-order valence-corrected chi connectivity index (χ0v) is 19.3. The van der Waals surface area contributed by atoms with Gasteiger partial charge in [-0.15, -0.1) is 0 Å². The van der Waals surface area contributed by atoms with Crippen molar-refractivity contribution in [2.45, 2.75) is 38.5 Å². The Morgan fingerprint density at radius 1 is 0.844 bits per heavy atom. The number of rotatable bonds is 4. The van der Waals surface area contributed by atoms with E-state index in [1.807, 2.05) is 31.2 Å². The molecule has 0 bridgehead atoms. The number of hydrogen-bond donors (Lipinski definition) is 1. The van der Waals surface area contributed by atoms with E-state index >= 15 is 0 Å². The molecule has 0 aromatic heterocycles. The van der Waals surface area contributed by atoms with Gasteiger partial charge in [0.25, 0.3) is 0 Å². The van der Waals surface area contributed by atoms with Crippen molar-refractivity contribution in [3.05, 3.63) is 101 Å². The summed E-state index contributed by atoms with van der Waals surface area (Å²) in [5.74, 6) is 0.473. The van der Waals surface area contributed by atoms with Crippen LogP contribution < -0.4 is 4.72 Å². The number of fused-ring (bicyclic) bond motifs is 2. The zero-order chi connectivity index (χ0) is 22.1. The van der Waals surface area contributed by atoms with E-state index in [1.54, 1.807) is 4.31 Å². The number of nitrogens with one attached hydrogen (secondary N) is 1. The van der Waals surface area contributed by atoms with Crippen molar-refractivity contribution in [2.75, 3.05) is 17.8 Å². The van der Waals surface area contributed by atoms with Gasteiger partial charge in [0.15, 0.2) is 0 Å². The lowest BCUT2D eigenvalue weighted by Gasteiger charge is -2.37. The molecule has 5 heteroatoms. The van der Waals surface area contributed by atoms with Crippen LogP contribution in [0.25, 0.3) is 0 Å². The monoisotopic (exact) mass is 446 g/mol. The van der Waals surface area contributed by atoms with Gasteiger partial charge in [0.1, 0.15) is 0 Å². The Hall–Kier alpha value is -2.63. The number of benzene rings is 3. The Labute approximate surface area is 191 Å². The molecule has 32 heavy (non-hydrogen) atoms. The Morgan fingerprint density at radius 3 is 2.06 bits per heavy atom. The van der Waals surface area contributed by atoms with Gasteiger partial charge in [-0.05, 0) is 72.9 Å². The summed E-state index contributed by atoms with van der Waals surface area (Å²) in [6, 6.07) is 25.0. The molecule has 3 aromatic rings. The molecule has 1 atom stereocenters. The highest BCUT2D eigenvalue weighted by Crippen LogP contribution is 2.42. The van der Waals surface area contributed by atoms with E-state index in [0.717, 1.165) is 31.2 Å². The number of aryl methyl sites for hydroxylation is 3. The van der Waals surface area contributed by atoms with Gasteiger partial charge in [0.2, 0.25) is 0 Å². The third-order valence-corrected chi connectivity index (χ3v) is 8.48. The Morgan fingerprint density at radius 2 is 1.44 bits per heavy atom. The molecule has 3 aromatic carbocycles. The molecular formula is C27H30N2O2S. The fourth-order valence-electron chi connectivity index (χ4n) is 5.37. The predicted molar refractivity (Wildman–Crippen MR) is 130 cm³/mol. The highest BCUT2D eigenvalue weighted by molar-refractivity contribution is 7.90. The summed E-state index contributed by atoms with van der Waals surface area (Å²) in [5.41, 5.74) is 7.25. The molecule has 1 fully saturated rings. The van der Waals surface area contributed by atoms with Crippen LogP contribution in [0, 0.1) is 12.8 Å². The molecule has 1 unspecified atom stereocenters. The first-order valence-electron chi connectivity index (χ1n) is 11.5. The third-order valence-electron chi connectivity index (χ3n) is 6.97. The summed E-state index contributed by atoms with van der Waals surface area (Å²) in [6.45, 7) is 3.10. The summed E-state index contributed by atoms with van der Waals surface area (Å²) < 4.78 is 30.9. The van der Waals surface area contributed by atoms with Gasteiger partial charge in [0, 0.05) is 24.7 Å². The minimum atomic E-state index is -3.60. The van der Waals surface area contributed by atoms with Gasteiger partial charge in [-0.3, -0.25) is 4.72 Å². The highest BCUT2D eigenvalue weighted by atomic mass is 32.2. The van der Waals surface area contributed by atoms with Crippen LogP contribution in [-0.2, 0) is 23.1 Å². The molecule has 1 heterocycles. The van der Waals surface area contributed by atoms with Gasteiger partial charge < -0.3 is 0 Å². The van der Waals surface area contributed by atoms with Crippen LogP contribution >= 0.6 is 0 Å². The maximum absolute atomic E-state index is 13.2. The quantitative estimate of drug-likeness (QED) is 0.592. The van der Waals surface area contributed by atoms with E-state index in [2.05, 4.69) is 53.3 Å². The van der Waals surface area contributed by atoms with Crippen molar-refractivity contribution in [1.82, 2.24) is 4.31 Å². The predicted octanol–water partition coefficient (Wildman–Crippen LogP) is 5.29. The summed E-state index contributed by atoms with van der Waals surface area (Å²) in [4.78, 5) is 0. The van der Waals surface area contributed by atoms with Gasteiger partial charge in [-0.1, -0.05) is 66.2 Å². The van der Waals surface area contributed by atoms with E-state index in [4.69, 9.17) is 0 Å². The number of piperidine rings is 1. The van der Waals surface area contributed by atoms with Crippen molar-refractivity contribution in [2.24, 2.45) is 5.92 Å². The SMILES string of the molecule is Cc1ccc(NS(=O)(=O)N2CCCC(C3c4ccccc4CCc4ccccc43)C2)cc1. The molecule has 0 amide bonds. The zero-order valence-electron chi connectivity index (χ0n) is 18.5. The molecular weight excluding hydrogens is 416 g/mol. The van der Waals surface area contributed by atoms with E-state index in [9.17, 15) is 8.42 Å². The van der Waals surface area contributed by atoms with Crippen LogP contribution in [0.1, 0.15) is 46.6 Å². The summed E-state index contributed by atoms with van der Waals surface area (Å²) in [5, 5.41) is 0. The van der Waals surface area contributed by atoms with Crippen LogP contribution in [0.4, 0.5) is 5.69 Å². The Balaban J connectivity index is 1.46. The molecule has 1 saturated heterocycles. The van der Waals surface area contributed by atoms with Crippen LogP contribution in [0.3, 0.4) is 0 Å². The summed E-state index contributed by atoms with van der Waals surface area (Å²) in [6.07, 6.45) is 3.98. The average molecular weight is 447 g/mol. The lowest BCUT2D eigenvalue weighted by molar-refractivity contribution is 0.249. The molecule has 0 radical (unpaired) electrons. The molecule has 0 spiro atoms. The minimum absolute atomic E-state index is 0.224. The van der Waals surface area contributed by atoms with Crippen LogP contribution in [0.15, 0.2) is 72.8 Å². The first-order valence-corrected chi connectivity index (χ1v) is 13.0. The third kappa shape index (κ3) is 4.19. The maximum Gasteiger partial charge on any atom is 0.301 e. The molecule has 1 aliphatic heterocycles. The average Bonchev–Trinajstić information content (AvgIpc) is 2.97. The van der Waals surface area contributed by atoms with Gasteiger partial charge in [0.05, 0.1) is 0 Å². The molecule has 0 saturated carbocycles. The molecule has 1 N–H and O–H groups in total. The molecule has 4 nitrogen and oxygen atoms in total. The van der Waals surface area contributed by atoms with Crippen LogP contribution in [-0.4, -0.2) is 25.8 Å². The summed E-state index contributed by atoms with van der Waals surface area (Å²) >= 11 is 0. The van der Waals surface area contributed by atoms with Crippen molar-refractivity contribution in [1.29, 1.82) is 0 Å². The Kier molecular flexibility index (Phi) is 5.78. The number of hydrogen-bond acceptors (Lipinski definition) is 2. The number of anilines is 1. The van der Waals surface area contributed by atoms with Crippen molar-refractivity contribution in [3.63, 3.8) is 0 Å². The fraction of sp³-hybridized carbons (Fsp3) is 0.333. The van der Waals surface area contributed by atoms with Crippen molar-refractivity contribution < 1.29 is 8.42 Å². The van der Waals surface area contributed by atoms with E-state index in [1.165, 1.54) is 22.3 Å².